The monoisotopic (exact) mass is 617 g/mol. The second-order valence-corrected chi connectivity index (χ2v) is 13.6. The molecule has 0 saturated heterocycles. The van der Waals surface area contributed by atoms with Crippen LogP contribution < -0.4 is 0 Å². The van der Waals surface area contributed by atoms with Crippen LogP contribution in [0.15, 0.2) is 115 Å². The molecule has 0 aliphatic carbocycles. The Morgan fingerprint density at radius 3 is 1.37 bits per heavy atom. The van der Waals surface area contributed by atoms with Crippen LogP contribution in [-0.2, 0) is 0 Å². The van der Waals surface area contributed by atoms with Crippen molar-refractivity contribution in [2.45, 2.75) is 0 Å². The van der Waals surface area contributed by atoms with Crippen LogP contribution >= 0.6 is 0 Å². The SMILES string of the molecule is c1ccc(-c2nc(-c3cccc4c3[se]c3ccccc34)nc(-c3cccc4c3[se]c3ccccc34)n2)cc1. The molecule has 0 fully saturated rings. The second-order valence-electron chi connectivity index (χ2n) is 9.23. The Hall–Kier alpha value is -3.85. The third-order valence-corrected chi connectivity index (χ3v) is 12.1. The van der Waals surface area contributed by atoms with Crippen LogP contribution in [0.2, 0.25) is 0 Å². The van der Waals surface area contributed by atoms with Crippen molar-refractivity contribution in [1.29, 1.82) is 0 Å². The van der Waals surface area contributed by atoms with E-state index in [4.69, 9.17) is 15.0 Å². The van der Waals surface area contributed by atoms with Gasteiger partial charge in [0.2, 0.25) is 0 Å². The van der Waals surface area contributed by atoms with Gasteiger partial charge in [0.1, 0.15) is 0 Å². The molecular weight excluding hydrogens is 596 g/mol. The summed E-state index contributed by atoms with van der Waals surface area (Å²) >= 11 is 0.419. The number of aromatic nitrogens is 3. The third-order valence-electron chi connectivity index (χ3n) is 6.96. The molecule has 38 heavy (non-hydrogen) atoms. The van der Waals surface area contributed by atoms with Crippen molar-refractivity contribution in [1.82, 2.24) is 15.0 Å². The van der Waals surface area contributed by atoms with Crippen LogP contribution in [0, 0.1) is 0 Å². The van der Waals surface area contributed by atoms with Gasteiger partial charge < -0.3 is 0 Å². The molecule has 5 aromatic carbocycles. The van der Waals surface area contributed by atoms with Gasteiger partial charge in [-0.3, -0.25) is 0 Å². The molecule has 0 amide bonds. The van der Waals surface area contributed by atoms with Crippen LogP contribution in [0.3, 0.4) is 0 Å². The summed E-state index contributed by atoms with van der Waals surface area (Å²) in [4.78, 5) is 15.3. The maximum atomic E-state index is 5.18. The number of fused-ring (bicyclic) bond motifs is 6. The van der Waals surface area contributed by atoms with E-state index in [0.29, 0.717) is 5.82 Å². The summed E-state index contributed by atoms with van der Waals surface area (Å²) in [5.74, 6) is 2.22. The fraction of sp³-hybridized carbons (Fsp3) is 0. The van der Waals surface area contributed by atoms with Crippen molar-refractivity contribution in [3.8, 4) is 34.2 Å². The van der Waals surface area contributed by atoms with Gasteiger partial charge in [0, 0.05) is 0 Å². The topological polar surface area (TPSA) is 38.7 Å². The first-order valence-corrected chi connectivity index (χ1v) is 15.9. The van der Waals surface area contributed by atoms with Crippen molar-refractivity contribution >= 4 is 67.6 Å². The molecule has 0 spiro atoms. The summed E-state index contributed by atoms with van der Waals surface area (Å²) in [6.45, 7) is 0. The molecule has 0 radical (unpaired) electrons. The Kier molecular flexibility index (Phi) is 5.17. The Balaban J connectivity index is 1.43. The molecule has 178 valence electrons. The van der Waals surface area contributed by atoms with Crippen LogP contribution in [-0.4, -0.2) is 44.0 Å². The minimum absolute atomic E-state index is 0.209. The van der Waals surface area contributed by atoms with Gasteiger partial charge >= 0.3 is 232 Å². The molecule has 0 N–H and O–H groups in total. The summed E-state index contributed by atoms with van der Waals surface area (Å²) in [6.07, 6.45) is 0. The first-order chi connectivity index (χ1) is 18.8. The summed E-state index contributed by atoms with van der Waals surface area (Å²) in [5.41, 5.74) is 3.22. The quantitative estimate of drug-likeness (QED) is 0.192. The van der Waals surface area contributed by atoms with Crippen molar-refractivity contribution < 1.29 is 0 Å². The molecular formula is C33H19N3Se2. The fourth-order valence-corrected chi connectivity index (χ4v) is 10.3. The first-order valence-electron chi connectivity index (χ1n) is 12.5. The van der Waals surface area contributed by atoms with Gasteiger partial charge in [-0.2, -0.15) is 0 Å². The van der Waals surface area contributed by atoms with E-state index in [0.717, 1.165) is 28.3 Å². The van der Waals surface area contributed by atoms with E-state index in [1.54, 1.807) is 0 Å². The van der Waals surface area contributed by atoms with Gasteiger partial charge in [-0.25, -0.2) is 0 Å². The van der Waals surface area contributed by atoms with E-state index in [9.17, 15) is 0 Å². The van der Waals surface area contributed by atoms with E-state index < -0.39 is 0 Å². The van der Waals surface area contributed by atoms with E-state index in [1.807, 2.05) is 18.2 Å². The van der Waals surface area contributed by atoms with Crippen molar-refractivity contribution in [2.24, 2.45) is 0 Å². The second kappa shape index (κ2) is 8.87. The Labute approximate surface area is 231 Å². The molecule has 0 aliphatic heterocycles. The van der Waals surface area contributed by atoms with Crippen LogP contribution in [0.25, 0.3) is 72.7 Å². The van der Waals surface area contributed by atoms with Crippen molar-refractivity contribution in [2.75, 3.05) is 0 Å². The van der Waals surface area contributed by atoms with Crippen molar-refractivity contribution in [3.63, 3.8) is 0 Å². The molecule has 3 heterocycles. The number of nitrogens with zero attached hydrogens (tertiary/aromatic N) is 3. The van der Waals surface area contributed by atoms with E-state index in [-0.39, 0.29) is 29.0 Å². The molecule has 0 aliphatic rings. The average molecular weight is 615 g/mol. The normalized spacial score (nSPS) is 11.7. The van der Waals surface area contributed by atoms with Gasteiger partial charge in [-0.15, -0.1) is 0 Å². The zero-order valence-electron chi connectivity index (χ0n) is 20.1. The van der Waals surface area contributed by atoms with Gasteiger partial charge in [0.25, 0.3) is 0 Å². The zero-order chi connectivity index (χ0) is 25.1. The van der Waals surface area contributed by atoms with Crippen LogP contribution in [0.1, 0.15) is 0 Å². The summed E-state index contributed by atoms with van der Waals surface area (Å²) in [7, 11) is 0. The molecule has 8 aromatic rings. The minimum atomic E-state index is 0.209. The van der Waals surface area contributed by atoms with E-state index >= 15 is 0 Å². The molecule has 5 heteroatoms. The molecule has 3 nitrogen and oxygen atoms in total. The molecule has 0 atom stereocenters. The Morgan fingerprint density at radius 1 is 0.368 bits per heavy atom. The van der Waals surface area contributed by atoms with Gasteiger partial charge in [-0.1, -0.05) is 0 Å². The maximum absolute atomic E-state index is 5.18. The number of hydrogen-bond acceptors (Lipinski definition) is 3. The number of benzene rings is 5. The Morgan fingerprint density at radius 2 is 0.816 bits per heavy atom. The Bertz CT molecular complexity index is 2010. The summed E-state index contributed by atoms with van der Waals surface area (Å²) in [5, 5.41) is 5.29. The third kappa shape index (κ3) is 3.52. The van der Waals surface area contributed by atoms with Gasteiger partial charge in [-0.05, 0) is 0 Å². The molecule has 8 rings (SSSR count). The predicted molar refractivity (Wildman–Crippen MR) is 160 cm³/mol. The van der Waals surface area contributed by atoms with E-state index in [1.165, 1.54) is 38.6 Å². The summed E-state index contributed by atoms with van der Waals surface area (Å²) < 4.78 is 5.54. The van der Waals surface area contributed by atoms with Gasteiger partial charge in [0.05, 0.1) is 0 Å². The number of rotatable bonds is 3. The van der Waals surface area contributed by atoms with Crippen LogP contribution in [0.5, 0.6) is 0 Å². The fourth-order valence-electron chi connectivity index (χ4n) is 5.18. The molecule has 0 unspecified atom stereocenters. The molecule has 3 aromatic heterocycles. The average Bonchev–Trinajstić information content (AvgIpc) is 3.56. The molecule has 0 bridgehead atoms. The van der Waals surface area contributed by atoms with Crippen molar-refractivity contribution in [3.05, 3.63) is 115 Å². The standard InChI is InChI=1S/C33H19N3Se2/c1-2-10-20(11-3-1)31-34-32(25-16-8-14-23-21-12-4-6-18-27(21)37-29(23)25)36-33(35-31)26-17-9-15-24-22-13-5-7-19-28(22)38-30(24)26/h1-19H. The zero-order valence-corrected chi connectivity index (χ0v) is 23.6. The summed E-state index contributed by atoms with van der Waals surface area (Å²) in [6, 6.07) is 40.8. The van der Waals surface area contributed by atoms with Gasteiger partial charge in [0.15, 0.2) is 0 Å². The first kappa shape index (κ1) is 22.2. The molecule has 0 saturated carbocycles. The van der Waals surface area contributed by atoms with E-state index in [2.05, 4.69) is 97.1 Å². The predicted octanol–water partition coefficient (Wildman–Crippen LogP) is 7.60. The van der Waals surface area contributed by atoms with Crippen LogP contribution in [0.4, 0.5) is 0 Å². The number of hydrogen-bond donors (Lipinski definition) is 0.